The van der Waals surface area contributed by atoms with Gasteiger partial charge in [-0.2, -0.15) is 0 Å². The summed E-state index contributed by atoms with van der Waals surface area (Å²) in [4.78, 5) is 38.8. The van der Waals surface area contributed by atoms with E-state index in [9.17, 15) is 9.59 Å². The van der Waals surface area contributed by atoms with E-state index in [4.69, 9.17) is 9.72 Å². The third-order valence-electron chi connectivity index (χ3n) is 9.15. The first kappa shape index (κ1) is 29.1. The Balaban J connectivity index is 1.36. The number of aromatic amines is 1. The van der Waals surface area contributed by atoms with Gasteiger partial charge in [0, 0.05) is 92.6 Å². The Labute approximate surface area is 252 Å². The first-order chi connectivity index (χ1) is 20.8. The molecule has 1 amide bonds. The molecule has 2 N–H and O–H groups in total. The van der Waals surface area contributed by atoms with Gasteiger partial charge in [0.25, 0.3) is 11.5 Å². The number of fused-ring (bicyclic) bond motifs is 1. The van der Waals surface area contributed by atoms with E-state index >= 15 is 0 Å². The Morgan fingerprint density at radius 3 is 2.53 bits per heavy atom. The van der Waals surface area contributed by atoms with Gasteiger partial charge in [-0.1, -0.05) is 0 Å². The number of piperazine rings is 1. The van der Waals surface area contributed by atoms with Crippen molar-refractivity contribution in [1.29, 1.82) is 0 Å². The van der Waals surface area contributed by atoms with Gasteiger partial charge in [0.05, 0.1) is 5.52 Å². The fraction of sp³-hybridized carbons (Fsp3) is 0.441. The average molecular weight is 583 g/mol. The number of rotatable bonds is 7. The van der Waals surface area contributed by atoms with Crippen LogP contribution in [0.4, 0.5) is 5.82 Å². The molecule has 43 heavy (non-hydrogen) atoms. The largest absolute Gasteiger partial charge is 0.381 e. The molecule has 0 aliphatic carbocycles. The van der Waals surface area contributed by atoms with Gasteiger partial charge in [-0.25, -0.2) is 4.98 Å². The molecule has 226 valence electrons. The quantitative estimate of drug-likeness (QED) is 0.335. The second-order valence-corrected chi connectivity index (χ2v) is 12.2. The summed E-state index contributed by atoms with van der Waals surface area (Å²) in [5.74, 6) is 1.32. The van der Waals surface area contributed by atoms with Crippen molar-refractivity contribution >= 4 is 22.6 Å². The summed E-state index contributed by atoms with van der Waals surface area (Å²) in [6, 6.07) is 10.3. The van der Waals surface area contributed by atoms with Crippen LogP contribution in [0.25, 0.3) is 22.0 Å². The van der Waals surface area contributed by atoms with E-state index < -0.39 is 0 Å². The molecule has 2 aliphatic heterocycles. The summed E-state index contributed by atoms with van der Waals surface area (Å²) in [6.45, 7) is 12.4. The molecule has 0 spiro atoms. The van der Waals surface area contributed by atoms with E-state index in [1.165, 1.54) is 0 Å². The minimum Gasteiger partial charge on any atom is -0.381 e. The predicted molar refractivity (Wildman–Crippen MR) is 171 cm³/mol. The van der Waals surface area contributed by atoms with Crippen LogP contribution in [0.2, 0.25) is 0 Å². The number of aromatic nitrogens is 3. The molecule has 6 rings (SSSR count). The molecule has 1 aromatic carbocycles. The fourth-order valence-electron chi connectivity index (χ4n) is 6.53. The zero-order chi connectivity index (χ0) is 30.1. The summed E-state index contributed by atoms with van der Waals surface area (Å²) in [5, 5.41) is 4.15. The number of nitrogens with one attached hydrogen (secondary N) is 2. The molecule has 9 nitrogen and oxygen atoms in total. The molecule has 0 atom stereocenters. The van der Waals surface area contributed by atoms with Crippen LogP contribution in [-0.2, 0) is 17.8 Å². The van der Waals surface area contributed by atoms with Crippen LogP contribution in [0.3, 0.4) is 0 Å². The third-order valence-corrected chi connectivity index (χ3v) is 9.15. The third kappa shape index (κ3) is 6.10. The minimum absolute atomic E-state index is 0.164. The summed E-state index contributed by atoms with van der Waals surface area (Å²) >= 11 is 0. The Morgan fingerprint density at radius 1 is 1.07 bits per heavy atom. The van der Waals surface area contributed by atoms with Crippen molar-refractivity contribution in [2.75, 3.05) is 51.3 Å². The maximum absolute atomic E-state index is 13.8. The standard InChI is InChI=1S/C34H42N6O3/c1-22-17-23(2)37-34(42)30(22)20-36-33(41)28-18-29(26-5-6-31(35-19-26)39-13-11-38(4)12-14-39)27-7-10-40(32(27)24(28)3)21-25-8-15-43-16-9-25/h5-7,10,17-19,25H,8-9,11-16,20-21H2,1-4H3,(H,36,41)(H,37,42). The maximum Gasteiger partial charge on any atom is 0.253 e. The van der Waals surface area contributed by atoms with Gasteiger partial charge in [-0.15, -0.1) is 0 Å². The number of hydrogen-bond acceptors (Lipinski definition) is 6. The summed E-state index contributed by atoms with van der Waals surface area (Å²) < 4.78 is 7.91. The molecule has 2 fully saturated rings. The maximum atomic E-state index is 13.8. The molecule has 0 radical (unpaired) electrons. The first-order valence-corrected chi connectivity index (χ1v) is 15.4. The molecule has 5 heterocycles. The highest BCUT2D eigenvalue weighted by atomic mass is 16.5. The van der Waals surface area contributed by atoms with Crippen LogP contribution >= 0.6 is 0 Å². The highest BCUT2D eigenvalue weighted by Gasteiger charge is 2.22. The van der Waals surface area contributed by atoms with Gasteiger partial charge in [-0.05, 0) is 93.6 Å². The molecule has 0 saturated carbocycles. The number of carbonyl (C=O) groups is 1. The molecule has 4 aromatic rings. The molecule has 2 saturated heterocycles. The Morgan fingerprint density at radius 2 is 1.84 bits per heavy atom. The molecular formula is C34H42N6O3. The molecular weight excluding hydrogens is 540 g/mol. The molecule has 0 unspecified atom stereocenters. The second kappa shape index (κ2) is 12.3. The van der Waals surface area contributed by atoms with Crippen LogP contribution in [0.5, 0.6) is 0 Å². The van der Waals surface area contributed by atoms with Crippen molar-refractivity contribution < 1.29 is 9.53 Å². The van der Waals surface area contributed by atoms with Crippen molar-refractivity contribution in [3.63, 3.8) is 0 Å². The Hall–Kier alpha value is -3.95. The number of likely N-dealkylation sites (N-methyl/N-ethyl adjacent to an activating group) is 1. The summed E-state index contributed by atoms with van der Waals surface area (Å²) in [5.41, 5.74) is 6.66. The van der Waals surface area contributed by atoms with Crippen LogP contribution in [0.1, 0.15) is 45.6 Å². The topological polar surface area (TPSA) is 95.5 Å². The van der Waals surface area contributed by atoms with E-state index in [-0.39, 0.29) is 18.0 Å². The van der Waals surface area contributed by atoms with Crippen molar-refractivity contribution in [3.05, 3.63) is 81.0 Å². The number of amides is 1. The minimum atomic E-state index is -0.194. The summed E-state index contributed by atoms with van der Waals surface area (Å²) in [6.07, 6.45) is 6.16. The van der Waals surface area contributed by atoms with Crippen molar-refractivity contribution in [1.82, 2.24) is 24.8 Å². The number of anilines is 1. The number of aryl methyl sites for hydroxylation is 3. The van der Waals surface area contributed by atoms with Crippen molar-refractivity contribution in [2.45, 2.75) is 46.7 Å². The van der Waals surface area contributed by atoms with Gasteiger partial charge in [0.1, 0.15) is 5.82 Å². The number of benzene rings is 1. The smallest absolute Gasteiger partial charge is 0.253 e. The fourth-order valence-corrected chi connectivity index (χ4v) is 6.53. The van der Waals surface area contributed by atoms with Gasteiger partial charge in [-0.3, -0.25) is 9.59 Å². The lowest BCUT2D eigenvalue weighted by Gasteiger charge is -2.33. The number of ether oxygens (including phenoxy) is 1. The highest BCUT2D eigenvalue weighted by molar-refractivity contribution is 6.06. The van der Waals surface area contributed by atoms with Crippen LogP contribution < -0.4 is 15.8 Å². The monoisotopic (exact) mass is 582 g/mol. The molecule has 9 heteroatoms. The molecule has 2 aliphatic rings. The lowest BCUT2D eigenvalue weighted by Crippen LogP contribution is -2.44. The van der Waals surface area contributed by atoms with Crippen LogP contribution in [-0.4, -0.2) is 71.8 Å². The molecule has 0 bridgehead atoms. The Kier molecular flexibility index (Phi) is 8.36. The second-order valence-electron chi connectivity index (χ2n) is 12.2. The number of pyridine rings is 2. The lowest BCUT2D eigenvalue weighted by atomic mass is 9.95. The number of hydrogen-bond donors (Lipinski definition) is 2. The van der Waals surface area contributed by atoms with Crippen molar-refractivity contribution in [3.8, 4) is 11.1 Å². The lowest BCUT2D eigenvalue weighted by molar-refractivity contribution is 0.0616. The number of H-pyrrole nitrogens is 1. The highest BCUT2D eigenvalue weighted by Crippen LogP contribution is 2.35. The predicted octanol–water partition coefficient (Wildman–Crippen LogP) is 4.43. The van der Waals surface area contributed by atoms with Gasteiger partial charge in [0.15, 0.2) is 0 Å². The SMILES string of the molecule is Cc1cc(C)c(CNC(=O)c2cc(-c3ccc(N4CCN(C)CC4)nc3)c3ccn(CC4CCOCC4)c3c2C)c(=O)[nH]1. The summed E-state index contributed by atoms with van der Waals surface area (Å²) in [7, 11) is 2.15. The zero-order valence-electron chi connectivity index (χ0n) is 25.7. The van der Waals surface area contributed by atoms with Gasteiger partial charge in [0.2, 0.25) is 0 Å². The Bertz CT molecular complexity index is 1680. The van der Waals surface area contributed by atoms with E-state index in [0.717, 1.165) is 103 Å². The first-order valence-electron chi connectivity index (χ1n) is 15.4. The van der Waals surface area contributed by atoms with Crippen LogP contribution in [0.15, 0.2) is 47.5 Å². The van der Waals surface area contributed by atoms with Crippen molar-refractivity contribution in [2.24, 2.45) is 5.92 Å². The average Bonchev–Trinajstić information content (AvgIpc) is 3.42. The number of nitrogens with zero attached hydrogens (tertiary/aromatic N) is 4. The van der Waals surface area contributed by atoms with E-state index in [1.54, 1.807) is 0 Å². The normalized spacial score (nSPS) is 16.6. The van der Waals surface area contributed by atoms with E-state index in [1.807, 2.05) is 39.1 Å². The van der Waals surface area contributed by atoms with Gasteiger partial charge < -0.3 is 29.4 Å². The molecule has 3 aromatic heterocycles. The van der Waals surface area contributed by atoms with Crippen LogP contribution in [0, 0.1) is 26.7 Å². The zero-order valence-corrected chi connectivity index (χ0v) is 25.7. The van der Waals surface area contributed by atoms with Gasteiger partial charge >= 0.3 is 0 Å². The number of carbonyl (C=O) groups excluding carboxylic acids is 1. The van der Waals surface area contributed by atoms with E-state index in [0.29, 0.717) is 17.0 Å². The van der Waals surface area contributed by atoms with E-state index in [2.05, 4.69) is 56.1 Å².